The zero-order valence-electron chi connectivity index (χ0n) is 16.3. The van der Waals surface area contributed by atoms with Crippen molar-refractivity contribution in [2.45, 2.75) is 38.6 Å². The fourth-order valence-electron chi connectivity index (χ4n) is 3.43. The third-order valence-corrected chi connectivity index (χ3v) is 4.89. The van der Waals surface area contributed by atoms with Gasteiger partial charge in [-0.3, -0.25) is 10.1 Å². The number of nitrogen functional groups attached to an aromatic ring is 1. The molecule has 0 radical (unpaired) electrons. The molecule has 2 aromatic rings. The number of benzene rings is 1. The van der Waals surface area contributed by atoms with Crippen LogP contribution in [0.2, 0.25) is 0 Å². The summed E-state index contributed by atoms with van der Waals surface area (Å²) in [7, 11) is 1.98. The van der Waals surface area contributed by atoms with E-state index in [1.165, 1.54) is 6.07 Å². The number of hydrogen-bond acceptors (Lipinski definition) is 8. The Kier molecular flexibility index (Phi) is 6.25. The van der Waals surface area contributed by atoms with Crippen molar-refractivity contribution in [2.75, 3.05) is 36.1 Å². The van der Waals surface area contributed by atoms with Crippen LogP contribution in [-0.4, -0.2) is 41.1 Å². The normalized spacial score (nSPS) is 16.8. The molecule has 0 bridgehead atoms. The van der Waals surface area contributed by atoms with Crippen molar-refractivity contribution in [2.24, 2.45) is 0 Å². The lowest BCUT2D eigenvalue weighted by Gasteiger charge is -2.33. The number of aryl methyl sites for hydroxylation is 1. The van der Waals surface area contributed by atoms with Gasteiger partial charge in [0.2, 0.25) is 5.95 Å². The van der Waals surface area contributed by atoms with E-state index < -0.39 is 4.92 Å². The molecule has 1 aromatic heterocycles. The third-order valence-electron chi connectivity index (χ3n) is 4.89. The highest BCUT2D eigenvalue weighted by Crippen LogP contribution is 2.29. The summed E-state index contributed by atoms with van der Waals surface area (Å²) >= 11 is 0. The molecular formula is C19H27N7O2. The second-order valence-corrected chi connectivity index (χ2v) is 7.02. The minimum Gasteiger partial charge on any atom is -0.399 e. The maximum atomic E-state index is 11.4. The number of piperidine rings is 1. The SMILES string of the molecule is CCCc1cc(N2CCC[C@@H](NC)C2)nc(Nc2ccc(N)cc2[N+](=O)[O-])n1. The van der Waals surface area contributed by atoms with Crippen molar-refractivity contribution in [3.05, 3.63) is 40.1 Å². The largest absolute Gasteiger partial charge is 0.399 e. The monoisotopic (exact) mass is 385 g/mol. The lowest BCUT2D eigenvalue weighted by molar-refractivity contribution is -0.383. The predicted octanol–water partition coefficient (Wildman–Crippen LogP) is 2.85. The maximum Gasteiger partial charge on any atom is 0.294 e. The molecule has 4 N–H and O–H groups in total. The predicted molar refractivity (Wildman–Crippen MR) is 111 cm³/mol. The van der Waals surface area contributed by atoms with Crippen molar-refractivity contribution < 1.29 is 4.92 Å². The van der Waals surface area contributed by atoms with E-state index in [1.807, 2.05) is 13.1 Å². The Morgan fingerprint density at radius 1 is 1.36 bits per heavy atom. The van der Waals surface area contributed by atoms with Crippen LogP contribution in [0, 0.1) is 10.1 Å². The number of aromatic nitrogens is 2. The Balaban J connectivity index is 1.93. The smallest absolute Gasteiger partial charge is 0.294 e. The highest BCUT2D eigenvalue weighted by Gasteiger charge is 2.21. The Labute approximate surface area is 164 Å². The molecule has 0 aliphatic carbocycles. The summed E-state index contributed by atoms with van der Waals surface area (Å²) in [4.78, 5) is 22.4. The van der Waals surface area contributed by atoms with Crippen LogP contribution in [0.15, 0.2) is 24.3 Å². The van der Waals surface area contributed by atoms with Crippen molar-refractivity contribution in [3.8, 4) is 0 Å². The van der Waals surface area contributed by atoms with E-state index >= 15 is 0 Å². The number of nitro groups is 1. The van der Waals surface area contributed by atoms with Gasteiger partial charge in [0, 0.05) is 42.6 Å². The van der Waals surface area contributed by atoms with Crippen LogP contribution in [0.25, 0.3) is 0 Å². The zero-order chi connectivity index (χ0) is 20.1. The first kappa shape index (κ1) is 19.8. The molecule has 1 aliphatic rings. The van der Waals surface area contributed by atoms with Gasteiger partial charge in [0.05, 0.1) is 4.92 Å². The van der Waals surface area contributed by atoms with E-state index in [2.05, 4.69) is 32.4 Å². The van der Waals surface area contributed by atoms with E-state index in [-0.39, 0.29) is 5.69 Å². The van der Waals surface area contributed by atoms with Crippen LogP contribution in [0.3, 0.4) is 0 Å². The van der Waals surface area contributed by atoms with Gasteiger partial charge in [-0.25, -0.2) is 4.98 Å². The van der Waals surface area contributed by atoms with Crippen LogP contribution < -0.4 is 21.3 Å². The molecule has 0 spiro atoms. The number of anilines is 4. The molecule has 9 nitrogen and oxygen atoms in total. The number of rotatable bonds is 7. The number of nitro benzene ring substituents is 1. The van der Waals surface area contributed by atoms with Gasteiger partial charge >= 0.3 is 0 Å². The first-order chi connectivity index (χ1) is 13.5. The second kappa shape index (κ2) is 8.83. The summed E-state index contributed by atoms with van der Waals surface area (Å²) in [6.07, 6.45) is 4.00. The molecule has 28 heavy (non-hydrogen) atoms. The lowest BCUT2D eigenvalue weighted by atomic mass is 10.1. The van der Waals surface area contributed by atoms with Gasteiger partial charge in [-0.15, -0.1) is 0 Å². The standard InChI is InChI=1S/C19H27N7O2/c1-3-5-14-11-18(25-9-4-6-15(12-25)21-2)24-19(22-14)23-16-8-7-13(20)10-17(16)26(27)28/h7-8,10-11,15,21H,3-6,9,12,20H2,1-2H3,(H,22,23,24)/t15-/m1/s1. The summed E-state index contributed by atoms with van der Waals surface area (Å²) < 4.78 is 0. The Hall–Kier alpha value is -2.94. The molecular weight excluding hydrogens is 358 g/mol. The summed E-state index contributed by atoms with van der Waals surface area (Å²) in [6.45, 7) is 3.90. The third kappa shape index (κ3) is 4.66. The number of nitrogens with zero attached hydrogens (tertiary/aromatic N) is 4. The number of hydrogen-bond donors (Lipinski definition) is 3. The molecule has 1 aliphatic heterocycles. The summed E-state index contributed by atoms with van der Waals surface area (Å²) in [6, 6.07) is 6.98. The van der Waals surface area contributed by atoms with E-state index in [4.69, 9.17) is 5.73 Å². The Morgan fingerprint density at radius 2 is 2.18 bits per heavy atom. The summed E-state index contributed by atoms with van der Waals surface area (Å²) in [5.74, 6) is 1.21. The average Bonchev–Trinajstić information content (AvgIpc) is 2.69. The molecule has 1 saturated heterocycles. The number of nitrogens with one attached hydrogen (secondary N) is 2. The van der Waals surface area contributed by atoms with Crippen molar-refractivity contribution >= 4 is 28.8 Å². The quantitative estimate of drug-likeness (QED) is 0.378. The molecule has 150 valence electrons. The summed E-state index contributed by atoms with van der Waals surface area (Å²) in [5, 5.41) is 17.7. The van der Waals surface area contributed by atoms with Gasteiger partial charge in [-0.1, -0.05) is 13.3 Å². The molecule has 0 amide bonds. The number of likely N-dealkylation sites (N-methyl/N-ethyl adjacent to an activating group) is 1. The van der Waals surface area contributed by atoms with E-state index in [1.54, 1.807) is 12.1 Å². The fourth-order valence-corrected chi connectivity index (χ4v) is 3.43. The van der Waals surface area contributed by atoms with Gasteiger partial charge in [0.1, 0.15) is 11.5 Å². The van der Waals surface area contributed by atoms with Crippen molar-refractivity contribution in [3.63, 3.8) is 0 Å². The minimum absolute atomic E-state index is 0.0979. The molecule has 1 fully saturated rings. The molecule has 1 atom stereocenters. The first-order valence-corrected chi connectivity index (χ1v) is 9.61. The van der Waals surface area contributed by atoms with Crippen LogP contribution in [0.1, 0.15) is 31.9 Å². The van der Waals surface area contributed by atoms with Crippen molar-refractivity contribution in [1.82, 2.24) is 15.3 Å². The van der Waals surface area contributed by atoms with Gasteiger partial charge in [-0.2, -0.15) is 4.98 Å². The first-order valence-electron chi connectivity index (χ1n) is 9.61. The highest BCUT2D eigenvalue weighted by atomic mass is 16.6. The van der Waals surface area contributed by atoms with Gasteiger partial charge < -0.3 is 21.3 Å². The zero-order valence-corrected chi connectivity index (χ0v) is 16.3. The summed E-state index contributed by atoms with van der Waals surface area (Å²) in [5.41, 5.74) is 7.18. The van der Waals surface area contributed by atoms with Crippen LogP contribution in [-0.2, 0) is 6.42 Å². The fraction of sp³-hybridized carbons (Fsp3) is 0.474. The molecule has 1 aromatic carbocycles. The van der Waals surface area contributed by atoms with Crippen LogP contribution in [0.5, 0.6) is 0 Å². The molecule has 3 rings (SSSR count). The van der Waals surface area contributed by atoms with Crippen LogP contribution >= 0.6 is 0 Å². The molecule has 0 unspecified atom stereocenters. The second-order valence-electron chi connectivity index (χ2n) is 7.02. The van der Waals surface area contributed by atoms with Crippen molar-refractivity contribution in [1.29, 1.82) is 0 Å². The van der Waals surface area contributed by atoms with Gasteiger partial charge in [0.25, 0.3) is 5.69 Å². The van der Waals surface area contributed by atoms with E-state index in [0.29, 0.717) is 23.4 Å². The average molecular weight is 385 g/mol. The number of nitrogens with two attached hydrogens (primary N) is 1. The van der Waals surface area contributed by atoms with Gasteiger partial charge in [-0.05, 0) is 38.4 Å². The van der Waals surface area contributed by atoms with Gasteiger partial charge in [0.15, 0.2) is 0 Å². The molecule has 0 saturated carbocycles. The van der Waals surface area contributed by atoms with Crippen LogP contribution in [0.4, 0.5) is 28.8 Å². The minimum atomic E-state index is -0.461. The lowest BCUT2D eigenvalue weighted by Crippen LogP contribution is -2.44. The highest BCUT2D eigenvalue weighted by molar-refractivity contribution is 5.70. The maximum absolute atomic E-state index is 11.4. The van der Waals surface area contributed by atoms with E-state index in [9.17, 15) is 10.1 Å². The topological polar surface area (TPSA) is 122 Å². The van der Waals surface area contributed by atoms with E-state index in [0.717, 1.165) is 50.3 Å². The Bertz CT molecular complexity index is 843. The Morgan fingerprint density at radius 3 is 2.89 bits per heavy atom. The molecule has 9 heteroatoms. The molecule has 2 heterocycles.